The first-order valence-corrected chi connectivity index (χ1v) is 6.83. The second-order valence-electron chi connectivity index (χ2n) is 5.12. The summed E-state index contributed by atoms with van der Waals surface area (Å²) in [6.45, 7) is 4.37. The number of benzene rings is 2. The fourth-order valence-corrected chi connectivity index (χ4v) is 2.34. The molecule has 1 atom stereocenters. The highest BCUT2D eigenvalue weighted by Crippen LogP contribution is 2.21. The second kappa shape index (κ2) is 6.68. The van der Waals surface area contributed by atoms with Gasteiger partial charge in [-0.2, -0.15) is 0 Å². The molecule has 0 fully saturated rings. The standard InChI is InChI=1S/C17H19F2NO/c1-11-4-5-16(12(2)6-11)17(20-3)10-21-15-8-13(18)7-14(19)9-15/h4-9,17,20H,10H2,1-3H3. The maximum Gasteiger partial charge on any atom is 0.129 e. The van der Waals surface area contributed by atoms with Gasteiger partial charge in [0.25, 0.3) is 0 Å². The van der Waals surface area contributed by atoms with Gasteiger partial charge in [0.05, 0.1) is 6.04 Å². The second-order valence-corrected chi connectivity index (χ2v) is 5.12. The molecule has 1 N–H and O–H groups in total. The van der Waals surface area contributed by atoms with Crippen LogP contribution in [0.25, 0.3) is 0 Å². The molecule has 21 heavy (non-hydrogen) atoms. The van der Waals surface area contributed by atoms with E-state index in [0.717, 1.165) is 17.2 Å². The van der Waals surface area contributed by atoms with Crippen LogP contribution in [0.4, 0.5) is 8.78 Å². The van der Waals surface area contributed by atoms with E-state index in [4.69, 9.17) is 4.74 Å². The molecule has 0 aliphatic heterocycles. The van der Waals surface area contributed by atoms with E-state index < -0.39 is 11.6 Å². The van der Waals surface area contributed by atoms with E-state index in [0.29, 0.717) is 6.61 Å². The van der Waals surface area contributed by atoms with Gasteiger partial charge in [-0.1, -0.05) is 23.8 Å². The lowest BCUT2D eigenvalue weighted by molar-refractivity contribution is 0.270. The van der Waals surface area contributed by atoms with Crippen LogP contribution in [-0.4, -0.2) is 13.7 Å². The number of halogens is 2. The molecular formula is C17H19F2NO. The number of hydrogen-bond acceptors (Lipinski definition) is 2. The first-order chi connectivity index (χ1) is 9.99. The van der Waals surface area contributed by atoms with Gasteiger partial charge in [0.2, 0.25) is 0 Å². The third kappa shape index (κ3) is 4.02. The predicted molar refractivity (Wildman–Crippen MR) is 79.6 cm³/mol. The Morgan fingerprint density at radius 2 is 1.71 bits per heavy atom. The minimum Gasteiger partial charge on any atom is -0.491 e. The van der Waals surface area contributed by atoms with Gasteiger partial charge in [0, 0.05) is 18.2 Å². The van der Waals surface area contributed by atoms with E-state index in [9.17, 15) is 8.78 Å². The lowest BCUT2D eigenvalue weighted by Gasteiger charge is -2.20. The normalized spacial score (nSPS) is 12.2. The monoisotopic (exact) mass is 291 g/mol. The Kier molecular flexibility index (Phi) is 4.91. The fraction of sp³-hybridized carbons (Fsp3) is 0.294. The first kappa shape index (κ1) is 15.4. The van der Waals surface area contributed by atoms with Crippen LogP contribution in [0.1, 0.15) is 22.7 Å². The van der Waals surface area contributed by atoms with Gasteiger partial charge < -0.3 is 10.1 Å². The van der Waals surface area contributed by atoms with Gasteiger partial charge >= 0.3 is 0 Å². The molecule has 0 saturated heterocycles. The lowest BCUT2D eigenvalue weighted by atomic mass is 10.00. The maximum atomic E-state index is 13.1. The van der Waals surface area contributed by atoms with Crippen molar-refractivity contribution in [2.45, 2.75) is 19.9 Å². The van der Waals surface area contributed by atoms with Gasteiger partial charge in [-0.3, -0.25) is 0 Å². The molecule has 4 heteroatoms. The number of hydrogen-bond donors (Lipinski definition) is 1. The molecule has 2 aromatic carbocycles. The molecule has 0 heterocycles. The summed E-state index contributed by atoms with van der Waals surface area (Å²) in [6.07, 6.45) is 0. The Bertz CT molecular complexity index is 608. The van der Waals surface area contributed by atoms with E-state index >= 15 is 0 Å². The smallest absolute Gasteiger partial charge is 0.129 e. The zero-order valence-electron chi connectivity index (χ0n) is 12.4. The third-order valence-electron chi connectivity index (χ3n) is 3.40. The summed E-state index contributed by atoms with van der Waals surface area (Å²) >= 11 is 0. The molecule has 0 saturated carbocycles. The SMILES string of the molecule is CNC(COc1cc(F)cc(F)c1)c1ccc(C)cc1C. The van der Waals surface area contributed by atoms with Crippen LogP contribution >= 0.6 is 0 Å². The highest BCUT2D eigenvalue weighted by atomic mass is 19.1. The molecule has 0 amide bonds. The van der Waals surface area contributed by atoms with Gasteiger partial charge in [-0.25, -0.2) is 8.78 Å². The van der Waals surface area contributed by atoms with Gasteiger partial charge in [0.1, 0.15) is 24.0 Å². The van der Waals surface area contributed by atoms with Crippen molar-refractivity contribution in [2.75, 3.05) is 13.7 Å². The third-order valence-corrected chi connectivity index (χ3v) is 3.40. The number of rotatable bonds is 5. The number of aryl methyl sites for hydroxylation is 2. The van der Waals surface area contributed by atoms with Crippen LogP contribution in [0, 0.1) is 25.5 Å². The molecule has 0 aliphatic rings. The summed E-state index contributed by atoms with van der Waals surface area (Å²) in [7, 11) is 1.83. The van der Waals surface area contributed by atoms with Crippen LogP contribution < -0.4 is 10.1 Å². The molecule has 2 aromatic rings. The van der Waals surface area contributed by atoms with E-state index in [1.807, 2.05) is 33.0 Å². The topological polar surface area (TPSA) is 21.3 Å². The van der Waals surface area contributed by atoms with E-state index in [1.54, 1.807) is 0 Å². The van der Waals surface area contributed by atoms with Crippen molar-refractivity contribution in [2.24, 2.45) is 0 Å². The van der Waals surface area contributed by atoms with Gasteiger partial charge in [0.15, 0.2) is 0 Å². The molecule has 0 aliphatic carbocycles. The largest absolute Gasteiger partial charge is 0.491 e. The highest BCUT2D eigenvalue weighted by molar-refractivity contribution is 5.33. The summed E-state index contributed by atoms with van der Waals surface area (Å²) in [4.78, 5) is 0. The average Bonchev–Trinajstić information content (AvgIpc) is 2.40. The molecule has 0 aromatic heterocycles. The molecule has 0 radical (unpaired) electrons. The predicted octanol–water partition coefficient (Wildman–Crippen LogP) is 3.92. The first-order valence-electron chi connectivity index (χ1n) is 6.83. The van der Waals surface area contributed by atoms with Crippen molar-refractivity contribution in [3.05, 3.63) is 64.7 Å². The lowest BCUT2D eigenvalue weighted by Crippen LogP contribution is -2.24. The van der Waals surface area contributed by atoms with Crippen LogP contribution in [0.2, 0.25) is 0 Å². The number of ether oxygens (including phenoxy) is 1. The fourth-order valence-electron chi connectivity index (χ4n) is 2.34. The summed E-state index contributed by atoms with van der Waals surface area (Å²) in [6, 6.07) is 9.32. The maximum absolute atomic E-state index is 13.1. The van der Waals surface area contributed by atoms with Crippen molar-refractivity contribution in [1.29, 1.82) is 0 Å². The number of likely N-dealkylation sites (N-methyl/N-ethyl adjacent to an activating group) is 1. The average molecular weight is 291 g/mol. The van der Waals surface area contributed by atoms with Crippen LogP contribution in [0.3, 0.4) is 0 Å². The molecule has 0 spiro atoms. The number of nitrogens with one attached hydrogen (secondary N) is 1. The summed E-state index contributed by atoms with van der Waals surface area (Å²) < 4.78 is 31.8. The van der Waals surface area contributed by atoms with Crippen molar-refractivity contribution in [3.63, 3.8) is 0 Å². The van der Waals surface area contributed by atoms with Crippen molar-refractivity contribution < 1.29 is 13.5 Å². The van der Waals surface area contributed by atoms with Gasteiger partial charge in [-0.05, 0) is 32.0 Å². The molecule has 0 bridgehead atoms. The summed E-state index contributed by atoms with van der Waals surface area (Å²) in [5.74, 6) is -1.09. The molecule has 1 unspecified atom stereocenters. The van der Waals surface area contributed by atoms with Crippen molar-refractivity contribution in [3.8, 4) is 5.75 Å². The van der Waals surface area contributed by atoms with Crippen LogP contribution in [0.5, 0.6) is 5.75 Å². The Labute approximate surface area is 123 Å². The van der Waals surface area contributed by atoms with Crippen LogP contribution in [0.15, 0.2) is 36.4 Å². The molecule has 112 valence electrons. The zero-order valence-corrected chi connectivity index (χ0v) is 12.4. The Balaban J connectivity index is 2.12. The van der Waals surface area contributed by atoms with Gasteiger partial charge in [-0.15, -0.1) is 0 Å². The van der Waals surface area contributed by atoms with E-state index in [1.165, 1.54) is 17.7 Å². The Morgan fingerprint density at radius 1 is 1.05 bits per heavy atom. The highest BCUT2D eigenvalue weighted by Gasteiger charge is 2.13. The van der Waals surface area contributed by atoms with Crippen LogP contribution in [-0.2, 0) is 0 Å². The molecular weight excluding hydrogens is 272 g/mol. The molecule has 2 nitrogen and oxygen atoms in total. The van der Waals surface area contributed by atoms with E-state index in [2.05, 4.69) is 11.4 Å². The minimum atomic E-state index is -0.641. The quantitative estimate of drug-likeness (QED) is 0.901. The van der Waals surface area contributed by atoms with E-state index in [-0.39, 0.29) is 11.8 Å². The minimum absolute atomic E-state index is 0.0445. The Hall–Kier alpha value is -1.94. The molecule has 2 rings (SSSR count). The van der Waals surface area contributed by atoms with Crippen molar-refractivity contribution in [1.82, 2.24) is 5.32 Å². The summed E-state index contributed by atoms with van der Waals surface area (Å²) in [5.41, 5.74) is 3.46. The summed E-state index contributed by atoms with van der Waals surface area (Å²) in [5, 5.41) is 3.17. The Morgan fingerprint density at radius 3 is 2.29 bits per heavy atom. The zero-order chi connectivity index (χ0) is 15.4. The van der Waals surface area contributed by atoms with Crippen molar-refractivity contribution >= 4 is 0 Å².